The molecule has 0 unspecified atom stereocenters. The Bertz CT molecular complexity index is 582. The molecule has 1 aromatic heterocycles. The second-order valence-corrected chi connectivity index (χ2v) is 3.63. The van der Waals surface area contributed by atoms with Crippen LogP contribution in [0.3, 0.4) is 0 Å². The van der Waals surface area contributed by atoms with E-state index in [1.54, 1.807) is 12.1 Å². The summed E-state index contributed by atoms with van der Waals surface area (Å²) in [5.41, 5.74) is 5.82. The minimum atomic E-state index is -0.676. The fourth-order valence-corrected chi connectivity index (χ4v) is 1.49. The second kappa shape index (κ2) is 4.82. The number of nitrogens with one attached hydrogen (secondary N) is 1. The minimum Gasteiger partial charge on any atom is -0.494 e. The van der Waals surface area contributed by atoms with Crippen molar-refractivity contribution in [2.75, 3.05) is 7.11 Å². The third kappa shape index (κ3) is 2.45. The molecule has 0 aliphatic rings. The van der Waals surface area contributed by atoms with E-state index < -0.39 is 11.7 Å². The first-order chi connectivity index (χ1) is 8.60. The number of amides is 1. The summed E-state index contributed by atoms with van der Waals surface area (Å²) in [4.78, 5) is 13.5. The molecule has 3 N–H and O–H groups in total. The molecule has 0 bridgehead atoms. The average molecular weight is 250 g/mol. The highest BCUT2D eigenvalue weighted by Crippen LogP contribution is 2.19. The Labute approximate surface area is 102 Å². The molecule has 0 radical (unpaired) electrons. The quantitative estimate of drug-likeness (QED) is 0.832. The number of rotatable bonds is 4. The third-order valence-electron chi connectivity index (χ3n) is 2.35. The smallest absolute Gasteiger partial charge is 0.286 e. The standard InChI is InChI=1S/C11H11FN4O2/c1-18-8-4-6(2-3-7(8)12)5-9-14-11(10(13)17)16-15-9/h2-4H,5H2,1H3,(H2,13,17)(H,14,15,16). The highest BCUT2D eigenvalue weighted by Gasteiger charge is 2.09. The summed E-state index contributed by atoms with van der Waals surface area (Å²) in [7, 11) is 1.39. The van der Waals surface area contributed by atoms with Gasteiger partial charge in [-0.3, -0.25) is 4.79 Å². The molecule has 0 fully saturated rings. The summed E-state index contributed by atoms with van der Waals surface area (Å²) in [6.07, 6.45) is 0.372. The number of ether oxygens (including phenoxy) is 1. The van der Waals surface area contributed by atoms with E-state index in [4.69, 9.17) is 10.5 Å². The lowest BCUT2D eigenvalue weighted by molar-refractivity contribution is 0.0991. The van der Waals surface area contributed by atoms with Crippen molar-refractivity contribution in [3.8, 4) is 5.75 Å². The predicted octanol–water partition coefficient (Wildman–Crippen LogP) is 0.642. The van der Waals surface area contributed by atoms with Gasteiger partial charge in [0, 0.05) is 6.42 Å². The van der Waals surface area contributed by atoms with Gasteiger partial charge in [-0.1, -0.05) is 6.07 Å². The number of halogens is 1. The van der Waals surface area contributed by atoms with Crippen LogP contribution in [0.1, 0.15) is 22.0 Å². The van der Waals surface area contributed by atoms with Crippen molar-refractivity contribution in [2.45, 2.75) is 6.42 Å². The number of H-pyrrole nitrogens is 1. The van der Waals surface area contributed by atoms with E-state index in [9.17, 15) is 9.18 Å². The molecule has 18 heavy (non-hydrogen) atoms. The number of primary amides is 1. The Morgan fingerprint density at radius 2 is 2.28 bits per heavy atom. The second-order valence-electron chi connectivity index (χ2n) is 3.63. The monoisotopic (exact) mass is 250 g/mol. The van der Waals surface area contributed by atoms with Crippen LogP contribution in [-0.2, 0) is 6.42 Å². The van der Waals surface area contributed by atoms with Crippen molar-refractivity contribution in [3.05, 3.63) is 41.2 Å². The molecule has 94 valence electrons. The lowest BCUT2D eigenvalue weighted by atomic mass is 10.1. The van der Waals surface area contributed by atoms with Gasteiger partial charge in [0.2, 0.25) is 5.82 Å². The van der Waals surface area contributed by atoms with Crippen LogP contribution < -0.4 is 10.5 Å². The number of methoxy groups -OCH3 is 1. The molecule has 0 saturated carbocycles. The Morgan fingerprint density at radius 3 is 2.89 bits per heavy atom. The first-order valence-corrected chi connectivity index (χ1v) is 5.14. The Balaban J connectivity index is 2.20. The van der Waals surface area contributed by atoms with Gasteiger partial charge < -0.3 is 15.5 Å². The minimum absolute atomic E-state index is 0.000855. The van der Waals surface area contributed by atoms with Crippen molar-refractivity contribution >= 4 is 5.91 Å². The topological polar surface area (TPSA) is 93.9 Å². The van der Waals surface area contributed by atoms with Crippen molar-refractivity contribution in [1.82, 2.24) is 15.2 Å². The van der Waals surface area contributed by atoms with Crippen molar-refractivity contribution in [3.63, 3.8) is 0 Å². The van der Waals surface area contributed by atoms with Crippen LogP contribution in [0, 0.1) is 5.82 Å². The molecule has 1 aromatic carbocycles. The maximum absolute atomic E-state index is 13.2. The van der Waals surface area contributed by atoms with Crippen LogP contribution in [0.25, 0.3) is 0 Å². The molecule has 0 aliphatic carbocycles. The maximum Gasteiger partial charge on any atom is 0.286 e. The number of hydrogen-bond donors (Lipinski definition) is 2. The number of hydrogen-bond acceptors (Lipinski definition) is 4. The molecule has 0 saturated heterocycles. The summed E-state index contributed by atoms with van der Waals surface area (Å²) < 4.78 is 18.1. The van der Waals surface area contributed by atoms with E-state index in [-0.39, 0.29) is 11.6 Å². The first kappa shape index (κ1) is 12.0. The van der Waals surface area contributed by atoms with Gasteiger partial charge in [-0.25, -0.2) is 4.39 Å². The molecule has 2 rings (SSSR count). The van der Waals surface area contributed by atoms with Crippen molar-refractivity contribution in [1.29, 1.82) is 0 Å². The highest BCUT2D eigenvalue weighted by atomic mass is 19.1. The Morgan fingerprint density at radius 1 is 1.50 bits per heavy atom. The zero-order chi connectivity index (χ0) is 13.1. The zero-order valence-corrected chi connectivity index (χ0v) is 9.61. The number of nitrogens with zero attached hydrogens (tertiary/aromatic N) is 2. The fourth-order valence-electron chi connectivity index (χ4n) is 1.49. The summed E-state index contributed by atoms with van der Waals surface area (Å²) in [6, 6.07) is 4.46. The molecule has 0 spiro atoms. The number of aromatic amines is 1. The zero-order valence-electron chi connectivity index (χ0n) is 9.61. The predicted molar refractivity (Wildman–Crippen MR) is 60.7 cm³/mol. The van der Waals surface area contributed by atoms with Crippen LogP contribution >= 0.6 is 0 Å². The van der Waals surface area contributed by atoms with Gasteiger partial charge in [-0.05, 0) is 17.7 Å². The van der Waals surface area contributed by atoms with Crippen LogP contribution in [0.4, 0.5) is 4.39 Å². The van der Waals surface area contributed by atoms with Crippen LogP contribution in [-0.4, -0.2) is 28.2 Å². The lowest BCUT2D eigenvalue weighted by Crippen LogP contribution is -2.12. The molecular formula is C11H11FN4O2. The van der Waals surface area contributed by atoms with E-state index in [1.165, 1.54) is 13.2 Å². The molecule has 0 atom stereocenters. The lowest BCUT2D eigenvalue weighted by Gasteiger charge is -2.04. The van der Waals surface area contributed by atoms with Gasteiger partial charge in [-0.2, -0.15) is 0 Å². The van der Waals surface area contributed by atoms with Crippen LogP contribution in [0.15, 0.2) is 18.2 Å². The Hall–Kier alpha value is -2.44. The molecule has 7 heteroatoms. The van der Waals surface area contributed by atoms with E-state index >= 15 is 0 Å². The summed E-state index contributed by atoms with van der Waals surface area (Å²) in [6.45, 7) is 0. The maximum atomic E-state index is 13.2. The SMILES string of the molecule is COc1cc(Cc2nnc(C(N)=O)[nH]2)ccc1F. The third-order valence-corrected chi connectivity index (χ3v) is 2.35. The van der Waals surface area contributed by atoms with Gasteiger partial charge in [-0.15, -0.1) is 10.2 Å². The number of carbonyl (C=O) groups excluding carboxylic acids is 1. The number of benzene rings is 1. The number of nitrogens with two attached hydrogens (primary N) is 1. The van der Waals surface area contributed by atoms with Crippen molar-refractivity contribution in [2.24, 2.45) is 5.73 Å². The van der Waals surface area contributed by atoms with Crippen LogP contribution in [0.5, 0.6) is 5.75 Å². The summed E-state index contributed by atoms with van der Waals surface area (Å²) >= 11 is 0. The van der Waals surface area contributed by atoms with Gasteiger partial charge in [0.25, 0.3) is 5.91 Å². The summed E-state index contributed by atoms with van der Waals surface area (Å²) in [5.74, 6) is -0.485. The van der Waals surface area contributed by atoms with E-state index in [1.807, 2.05) is 0 Å². The molecule has 1 heterocycles. The normalized spacial score (nSPS) is 10.3. The van der Waals surface area contributed by atoms with Gasteiger partial charge in [0.15, 0.2) is 11.6 Å². The molecular weight excluding hydrogens is 239 g/mol. The highest BCUT2D eigenvalue weighted by molar-refractivity contribution is 5.88. The van der Waals surface area contributed by atoms with E-state index in [2.05, 4.69) is 15.2 Å². The van der Waals surface area contributed by atoms with Gasteiger partial charge >= 0.3 is 0 Å². The number of aromatic nitrogens is 3. The molecule has 0 aliphatic heterocycles. The summed E-state index contributed by atoms with van der Waals surface area (Å²) in [5, 5.41) is 7.36. The van der Waals surface area contributed by atoms with Crippen LogP contribution in [0.2, 0.25) is 0 Å². The average Bonchev–Trinajstić information content (AvgIpc) is 2.80. The molecule has 1 amide bonds. The Kier molecular flexibility index (Phi) is 3.22. The fraction of sp³-hybridized carbons (Fsp3) is 0.182. The van der Waals surface area contributed by atoms with Gasteiger partial charge in [0.1, 0.15) is 5.82 Å². The largest absolute Gasteiger partial charge is 0.494 e. The first-order valence-electron chi connectivity index (χ1n) is 5.14. The number of carbonyl (C=O) groups is 1. The van der Waals surface area contributed by atoms with Crippen molar-refractivity contribution < 1.29 is 13.9 Å². The van der Waals surface area contributed by atoms with E-state index in [0.29, 0.717) is 12.2 Å². The van der Waals surface area contributed by atoms with Gasteiger partial charge in [0.05, 0.1) is 7.11 Å². The molecule has 2 aromatic rings. The van der Waals surface area contributed by atoms with E-state index in [0.717, 1.165) is 5.56 Å². The molecule has 6 nitrogen and oxygen atoms in total.